The summed E-state index contributed by atoms with van der Waals surface area (Å²) in [6.45, 7) is 6.47. The topological polar surface area (TPSA) is 13.2 Å². The molecule has 4 aromatic heterocycles. The van der Waals surface area contributed by atoms with Crippen LogP contribution in [0.5, 0.6) is 0 Å². The Morgan fingerprint density at radius 2 is 0.900 bits per heavy atom. The number of hydrogen-bond acceptors (Lipinski definition) is 0. The third kappa shape index (κ3) is 2.64. The molecule has 3 nitrogen and oxygen atoms in total. The first kappa shape index (κ1) is 21.6. The van der Waals surface area contributed by atoms with E-state index in [0.29, 0.717) is 0 Å². The van der Waals surface area contributed by atoms with Crippen LogP contribution in [0.1, 0.15) is 11.3 Å². The normalized spacial score (nSPS) is 12.2. The predicted molar refractivity (Wildman–Crippen MR) is 170 cm³/mol. The molecule has 0 aliphatic heterocycles. The van der Waals surface area contributed by atoms with Gasteiger partial charge in [0.15, 0.2) is 0 Å². The highest BCUT2D eigenvalue weighted by Crippen LogP contribution is 2.36. The Hall–Kier alpha value is -5.28. The summed E-state index contributed by atoms with van der Waals surface area (Å²) < 4.78 is 7.24. The third-order valence-corrected chi connectivity index (χ3v) is 8.69. The van der Waals surface area contributed by atoms with Crippen LogP contribution in [-0.2, 0) is 0 Å². The van der Waals surface area contributed by atoms with E-state index in [1.807, 2.05) is 6.08 Å². The SMILES string of the molecule is C=Cc1c2ccccc2n2c3ccc4c5ccccc5n(c5ccc6c7ccccc7n(c(C)cc12)c6c5)c4c3. The Morgan fingerprint density at radius 1 is 0.450 bits per heavy atom. The van der Waals surface area contributed by atoms with E-state index < -0.39 is 0 Å². The maximum Gasteiger partial charge on any atom is 0.0561 e. The van der Waals surface area contributed by atoms with E-state index in [4.69, 9.17) is 0 Å². The van der Waals surface area contributed by atoms with Gasteiger partial charge in [-0.3, -0.25) is 0 Å². The molecule has 0 fully saturated rings. The van der Waals surface area contributed by atoms with Gasteiger partial charge in [-0.05, 0) is 55.5 Å². The lowest BCUT2D eigenvalue weighted by molar-refractivity contribution is 1.15. The van der Waals surface area contributed by atoms with Gasteiger partial charge in [0.1, 0.15) is 0 Å². The monoisotopic (exact) mass is 511 g/mol. The van der Waals surface area contributed by atoms with Gasteiger partial charge in [-0.1, -0.05) is 79.4 Å². The molecule has 0 aliphatic carbocycles. The van der Waals surface area contributed by atoms with E-state index in [9.17, 15) is 0 Å². The number of fused-ring (bicyclic) bond motifs is 13. The van der Waals surface area contributed by atoms with Crippen molar-refractivity contribution in [3.63, 3.8) is 0 Å². The minimum atomic E-state index is 1.14. The molecular weight excluding hydrogens is 486 g/mol. The third-order valence-electron chi connectivity index (χ3n) is 8.69. The van der Waals surface area contributed by atoms with E-state index >= 15 is 0 Å². The van der Waals surface area contributed by atoms with E-state index in [2.05, 4.69) is 142 Å². The Labute approximate surface area is 230 Å². The zero-order chi connectivity index (χ0) is 26.5. The second kappa shape index (κ2) is 7.64. The number of benzene rings is 5. The van der Waals surface area contributed by atoms with Crippen LogP contribution in [0.2, 0.25) is 0 Å². The minimum Gasteiger partial charge on any atom is -0.313 e. The molecule has 3 heteroatoms. The van der Waals surface area contributed by atoms with Gasteiger partial charge >= 0.3 is 0 Å². The number of hydrogen-bond donors (Lipinski definition) is 0. The van der Waals surface area contributed by atoms with Crippen molar-refractivity contribution in [3.8, 4) is 0 Å². The van der Waals surface area contributed by atoms with Crippen molar-refractivity contribution < 1.29 is 0 Å². The summed E-state index contributed by atoms with van der Waals surface area (Å²) in [5.41, 5.74) is 11.8. The molecule has 0 unspecified atom stereocenters. The van der Waals surface area contributed by atoms with Crippen LogP contribution >= 0.6 is 0 Å². The Balaban J connectivity index is 1.70. The van der Waals surface area contributed by atoms with Crippen molar-refractivity contribution in [2.24, 2.45) is 0 Å². The number of nitrogens with zero attached hydrogens (tertiary/aromatic N) is 3. The first-order valence-electron chi connectivity index (χ1n) is 13.7. The number of aromatic nitrogens is 3. The number of rotatable bonds is 1. The molecule has 4 bridgehead atoms. The highest BCUT2D eigenvalue weighted by Gasteiger charge is 2.15. The van der Waals surface area contributed by atoms with Gasteiger partial charge < -0.3 is 13.2 Å². The van der Waals surface area contributed by atoms with Crippen molar-refractivity contribution in [2.75, 3.05) is 0 Å². The second-order valence-electron chi connectivity index (χ2n) is 10.7. The zero-order valence-electron chi connectivity index (χ0n) is 22.1. The van der Waals surface area contributed by atoms with Gasteiger partial charge in [-0.15, -0.1) is 0 Å². The van der Waals surface area contributed by atoms with Crippen LogP contribution in [0.15, 0.2) is 122 Å². The summed E-state index contributed by atoms with van der Waals surface area (Å²) in [5, 5.41) is 6.24. The molecule has 0 spiro atoms. The molecule has 9 rings (SSSR count). The summed E-state index contributed by atoms with van der Waals surface area (Å²) in [6, 6.07) is 42.3. The predicted octanol–water partition coefficient (Wildman–Crippen LogP) is 9.72. The maximum absolute atomic E-state index is 4.25. The van der Waals surface area contributed by atoms with Crippen LogP contribution in [0, 0.1) is 6.92 Å². The fraction of sp³-hybridized carbons (Fsp3) is 0.0270. The lowest BCUT2D eigenvalue weighted by Crippen LogP contribution is -1.92. The standard InChI is InChI=1S/C37H25N3/c1-3-26-27-10-4-8-14-33(27)39-25-17-19-31-29-12-6-9-15-34(29)40(37(31)22-25)24-16-18-30-28-11-5-7-13-32(28)38(36(30)21-24)23(2)20-35(26)39/h3-22H,1H2,2H3. The van der Waals surface area contributed by atoms with Gasteiger partial charge in [0.25, 0.3) is 0 Å². The van der Waals surface area contributed by atoms with Crippen molar-refractivity contribution >= 4 is 77.1 Å². The highest BCUT2D eigenvalue weighted by atomic mass is 14.9. The van der Waals surface area contributed by atoms with Crippen molar-refractivity contribution in [3.05, 3.63) is 133 Å². The van der Waals surface area contributed by atoms with Gasteiger partial charge in [0, 0.05) is 49.2 Å². The lowest BCUT2D eigenvalue weighted by atomic mass is 10.1. The van der Waals surface area contributed by atoms with Gasteiger partial charge in [0.05, 0.1) is 33.1 Å². The van der Waals surface area contributed by atoms with Crippen LogP contribution in [0.4, 0.5) is 0 Å². The Morgan fingerprint density at radius 3 is 1.50 bits per heavy atom. The van der Waals surface area contributed by atoms with Gasteiger partial charge in [0.2, 0.25) is 0 Å². The molecule has 0 saturated heterocycles. The Kier molecular flexibility index (Phi) is 4.13. The fourth-order valence-corrected chi connectivity index (χ4v) is 7.04. The molecule has 0 radical (unpaired) electrons. The molecule has 188 valence electrons. The quantitative estimate of drug-likeness (QED) is 0.208. The smallest absolute Gasteiger partial charge is 0.0561 e. The van der Waals surface area contributed by atoms with E-state index in [1.54, 1.807) is 0 Å². The summed E-state index contributed by atoms with van der Waals surface area (Å²) in [6.07, 6.45) is 2.00. The first-order chi connectivity index (χ1) is 19.7. The maximum atomic E-state index is 4.25. The Bertz CT molecular complexity index is 2570. The summed E-state index contributed by atoms with van der Waals surface area (Å²) in [7, 11) is 0. The highest BCUT2D eigenvalue weighted by molar-refractivity contribution is 6.12. The number of para-hydroxylation sites is 3. The fourth-order valence-electron chi connectivity index (χ4n) is 7.04. The molecule has 0 atom stereocenters. The minimum absolute atomic E-state index is 1.14. The van der Waals surface area contributed by atoms with E-state index in [1.165, 1.54) is 54.5 Å². The van der Waals surface area contributed by atoms with E-state index in [-0.39, 0.29) is 0 Å². The molecule has 0 N–H and O–H groups in total. The van der Waals surface area contributed by atoms with Crippen LogP contribution in [0.3, 0.4) is 0 Å². The second-order valence-corrected chi connectivity index (χ2v) is 10.7. The van der Waals surface area contributed by atoms with Crippen LogP contribution in [-0.4, -0.2) is 13.2 Å². The van der Waals surface area contributed by atoms with Crippen molar-refractivity contribution in [2.45, 2.75) is 6.92 Å². The summed E-state index contributed by atoms with van der Waals surface area (Å²) in [4.78, 5) is 0. The molecule has 0 saturated carbocycles. The van der Waals surface area contributed by atoms with E-state index in [0.717, 1.165) is 27.8 Å². The summed E-state index contributed by atoms with van der Waals surface area (Å²) in [5.74, 6) is 0. The van der Waals surface area contributed by atoms with Gasteiger partial charge in [-0.2, -0.15) is 0 Å². The molecule has 5 aromatic carbocycles. The average Bonchev–Trinajstić information content (AvgIpc) is 3.61. The molecule has 4 heterocycles. The molecule has 0 amide bonds. The zero-order valence-corrected chi connectivity index (χ0v) is 22.1. The first-order valence-corrected chi connectivity index (χ1v) is 13.7. The van der Waals surface area contributed by atoms with Crippen LogP contribution < -0.4 is 0 Å². The van der Waals surface area contributed by atoms with Crippen LogP contribution in [0.25, 0.3) is 77.1 Å². The molecule has 9 aromatic rings. The number of aryl methyl sites for hydroxylation is 1. The molecule has 40 heavy (non-hydrogen) atoms. The molecular formula is C37H25N3. The largest absolute Gasteiger partial charge is 0.313 e. The molecule has 0 aliphatic rings. The van der Waals surface area contributed by atoms with Gasteiger partial charge in [-0.25, -0.2) is 0 Å². The average molecular weight is 512 g/mol. The van der Waals surface area contributed by atoms with Crippen molar-refractivity contribution in [1.82, 2.24) is 13.2 Å². The lowest BCUT2D eigenvalue weighted by Gasteiger charge is -2.06. The summed E-state index contributed by atoms with van der Waals surface area (Å²) >= 11 is 0. The van der Waals surface area contributed by atoms with Crippen molar-refractivity contribution in [1.29, 1.82) is 0 Å².